The van der Waals surface area contributed by atoms with Gasteiger partial charge in [0.25, 0.3) is 0 Å². The molecule has 5 heteroatoms. The van der Waals surface area contributed by atoms with E-state index < -0.39 is 12.7 Å². The van der Waals surface area contributed by atoms with Gasteiger partial charge in [0.05, 0.1) is 6.61 Å². The predicted octanol–water partition coefficient (Wildman–Crippen LogP) is 3.77. The number of rotatable bonds is 6. The summed E-state index contributed by atoms with van der Waals surface area (Å²) in [6.07, 6.45) is -1.11. The van der Waals surface area contributed by atoms with Crippen LogP contribution in [0.2, 0.25) is 0 Å². The summed E-state index contributed by atoms with van der Waals surface area (Å²) in [6.45, 7) is -0.670. The Morgan fingerprint density at radius 2 is 1.48 bits per heavy atom. The molecule has 1 unspecified atom stereocenters. The van der Waals surface area contributed by atoms with Crippen LogP contribution in [-0.2, 0) is 0 Å². The molecule has 0 fully saturated rings. The third-order valence-electron chi connectivity index (χ3n) is 2.94. The number of aliphatic hydroxyl groups excluding tert-OH is 1. The smallest absolute Gasteiger partial charge is 0.387 e. The molecule has 0 amide bonds. The van der Waals surface area contributed by atoms with E-state index in [1.54, 1.807) is 42.5 Å². The maximum atomic E-state index is 12.4. The summed E-state index contributed by atoms with van der Waals surface area (Å²) in [5.74, 6) is 0.464. The molecule has 1 atom stereocenters. The Morgan fingerprint density at radius 3 is 2.05 bits per heavy atom. The highest BCUT2D eigenvalue weighted by molar-refractivity contribution is 5.45. The zero-order chi connectivity index (χ0) is 15.2. The van der Waals surface area contributed by atoms with Gasteiger partial charge in [-0.25, -0.2) is 0 Å². The number of aliphatic hydroxyl groups is 1. The van der Waals surface area contributed by atoms with E-state index in [0.717, 1.165) is 0 Å². The summed E-state index contributed by atoms with van der Waals surface area (Å²) in [5, 5.41) is 10.5. The first-order valence-electron chi connectivity index (χ1n) is 6.57. The second kappa shape index (κ2) is 7.04. The number of hydrogen-bond donors (Lipinski definition) is 1. The molecule has 2 rings (SSSR count). The number of para-hydroxylation sites is 2. The summed E-state index contributed by atoms with van der Waals surface area (Å²) in [4.78, 5) is 0. The van der Waals surface area contributed by atoms with Crippen molar-refractivity contribution in [3.05, 3.63) is 59.7 Å². The molecule has 21 heavy (non-hydrogen) atoms. The van der Waals surface area contributed by atoms with E-state index in [0.29, 0.717) is 17.9 Å². The Morgan fingerprint density at radius 1 is 0.952 bits per heavy atom. The van der Waals surface area contributed by atoms with Crippen molar-refractivity contribution >= 4 is 0 Å². The molecule has 2 aromatic carbocycles. The van der Waals surface area contributed by atoms with Crippen LogP contribution < -0.4 is 9.47 Å². The molecule has 0 spiro atoms. The van der Waals surface area contributed by atoms with Crippen molar-refractivity contribution in [3.63, 3.8) is 0 Å². The molecule has 0 heterocycles. The topological polar surface area (TPSA) is 38.7 Å². The van der Waals surface area contributed by atoms with Crippen LogP contribution in [0.5, 0.6) is 11.5 Å². The fourth-order valence-electron chi connectivity index (χ4n) is 2.07. The lowest BCUT2D eigenvalue weighted by Gasteiger charge is -2.18. The van der Waals surface area contributed by atoms with Crippen molar-refractivity contribution in [2.75, 3.05) is 6.61 Å². The fraction of sp³-hybridized carbons (Fsp3) is 0.250. The van der Waals surface area contributed by atoms with E-state index in [1.807, 2.05) is 6.92 Å². The highest BCUT2D eigenvalue weighted by Crippen LogP contribution is 2.35. The van der Waals surface area contributed by atoms with Crippen LogP contribution in [0.25, 0.3) is 0 Å². The number of ether oxygens (including phenoxy) is 2. The Labute approximate surface area is 121 Å². The van der Waals surface area contributed by atoms with Gasteiger partial charge in [-0.3, -0.25) is 0 Å². The largest absolute Gasteiger partial charge is 0.493 e. The maximum absolute atomic E-state index is 12.4. The van der Waals surface area contributed by atoms with Gasteiger partial charge >= 0.3 is 6.61 Å². The van der Waals surface area contributed by atoms with E-state index in [9.17, 15) is 13.9 Å². The normalized spacial score (nSPS) is 12.2. The third kappa shape index (κ3) is 3.70. The molecule has 0 radical (unpaired) electrons. The van der Waals surface area contributed by atoms with Gasteiger partial charge in [-0.05, 0) is 19.1 Å². The van der Waals surface area contributed by atoms with Gasteiger partial charge in [0.15, 0.2) is 0 Å². The van der Waals surface area contributed by atoms with Crippen LogP contribution >= 0.6 is 0 Å². The molecule has 0 bridgehead atoms. The lowest BCUT2D eigenvalue weighted by atomic mass is 10.00. The van der Waals surface area contributed by atoms with Gasteiger partial charge in [-0.15, -0.1) is 0 Å². The molecule has 2 aromatic rings. The van der Waals surface area contributed by atoms with E-state index in [2.05, 4.69) is 4.74 Å². The van der Waals surface area contributed by atoms with Crippen LogP contribution in [0.15, 0.2) is 48.5 Å². The summed E-state index contributed by atoms with van der Waals surface area (Å²) in [6, 6.07) is 13.1. The highest BCUT2D eigenvalue weighted by atomic mass is 19.3. The number of halogens is 2. The molecular formula is C16H16F2O3. The fourth-order valence-corrected chi connectivity index (χ4v) is 2.07. The minimum atomic E-state index is -2.94. The van der Waals surface area contributed by atoms with Crippen molar-refractivity contribution in [2.45, 2.75) is 19.6 Å². The molecule has 1 N–H and O–H groups in total. The lowest BCUT2D eigenvalue weighted by molar-refractivity contribution is -0.0512. The van der Waals surface area contributed by atoms with Crippen LogP contribution in [-0.4, -0.2) is 18.3 Å². The van der Waals surface area contributed by atoms with Gasteiger partial charge < -0.3 is 14.6 Å². The lowest BCUT2D eigenvalue weighted by Crippen LogP contribution is -2.09. The number of alkyl halides is 2. The van der Waals surface area contributed by atoms with Crippen molar-refractivity contribution in [1.29, 1.82) is 0 Å². The zero-order valence-electron chi connectivity index (χ0n) is 11.5. The SMILES string of the molecule is CCOc1ccccc1C(O)c1ccccc1OC(F)F. The molecule has 0 saturated carbocycles. The number of benzene rings is 2. The second-order valence-electron chi connectivity index (χ2n) is 4.29. The molecule has 0 aromatic heterocycles. The van der Waals surface area contributed by atoms with Crippen molar-refractivity contribution in [1.82, 2.24) is 0 Å². The predicted molar refractivity (Wildman–Crippen MR) is 74.7 cm³/mol. The maximum Gasteiger partial charge on any atom is 0.387 e. The Bertz CT molecular complexity index is 587. The Kier molecular flexibility index (Phi) is 5.11. The van der Waals surface area contributed by atoms with Crippen LogP contribution in [0, 0.1) is 0 Å². The highest BCUT2D eigenvalue weighted by Gasteiger charge is 2.20. The van der Waals surface area contributed by atoms with Gasteiger partial charge in [0.2, 0.25) is 0 Å². The van der Waals surface area contributed by atoms with Crippen molar-refractivity contribution < 1.29 is 23.4 Å². The minimum absolute atomic E-state index is 0.0497. The van der Waals surface area contributed by atoms with Crippen LogP contribution in [0.1, 0.15) is 24.2 Å². The molecular weight excluding hydrogens is 278 g/mol. The molecule has 3 nitrogen and oxygen atoms in total. The molecule has 0 aliphatic heterocycles. The van der Waals surface area contributed by atoms with Gasteiger partial charge in [-0.2, -0.15) is 8.78 Å². The van der Waals surface area contributed by atoms with Gasteiger partial charge in [0.1, 0.15) is 17.6 Å². The quantitative estimate of drug-likeness (QED) is 0.881. The Balaban J connectivity index is 2.38. The standard InChI is InChI=1S/C16H16F2O3/c1-2-20-13-9-5-3-7-11(13)15(19)12-8-4-6-10-14(12)21-16(17)18/h3-10,15-16,19H,2H2,1H3. The van der Waals surface area contributed by atoms with E-state index >= 15 is 0 Å². The summed E-state index contributed by atoms with van der Waals surface area (Å²) in [7, 11) is 0. The summed E-state index contributed by atoms with van der Waals surface area (Å²) >= 11 is 0. The van der Waals surface area contributed by atoms with E-state index in [4.69, 9.17) is 4.74 Å². The first-order valence-corrected chi connectivity index (χ1v) is 6.57. The summed E-state index contributed by atoms with van der Waals surface area (Å²) in [5.41, 5.74) is 0.773. The third-order valence-corrected chi connectivity index (χ3v) is 2.94. The van der Waals surface area contributed by atoms with Crippen molar-refractivity contribution in [2.24, 2.45) is 0 Å². The van der Waals surface area contributed by atoms with Gasteiger partial charge in [-0.1, -0.05) is 36.4 Å². The second-order valence-corrected chi connectivity index (χ2v) is 4.29. The van der Waals surface area contributed by atoms with E-state index in [1.165, 1.54) is 6.07 Å². The number of hydrogen-bond acceptors (Lipinski definition) is 3. The Hall–Kier alpha value is -2.14. The van der Waals surface area contributed by atoms with Gasteiger partial charge in [0, 0.05) is 11.1 Å². The monoisotopic (exact) mass is 294 g/mol. The molecule has 0 aliphatic carbocycles. The first-order chi connectivity index (χ1) is 10.1. The average molecular weight is 294 g/mol. The molecule has 0 aliphatic rings. The van der Waals surface area contributed by atoms with Crippen LogP contribution in [0.3, 0.4) is 0 Å². The molecule has 112 valence electrons. The first kappa shape index (κ1) is 15.3. The van der Waals surface area contributed by atoms with E-state index in [-0.39, 0.29) is 11.3 Å². The van der Waals surface area contributed by atoms with Crippen LogP contribution in [0.4, 0.5) is 8.78 Å². The summed E-state index contributed by atoms with van der Waals surface area (Å²) < 4.78 is 34.8. The van der Waals surface area contributed by atoms with Crippen molar-refractivity contribution in [3.8, 4) is 11.5 Å². The minimum Gasteiger partial charge on any atom is -0.493 e. The molecule has 0 saturated heterocycles. The zero-order valence-corrected chi connectivity index (χ0v) is 11.5. The average Bonchev–Trinajstić information content (AvgIpc) is 2.47.